The second-order valence-corrected chi connectivity index (χ2v) is 7.45. The summed E-state index contributed by atoms with van der Waals surface area (Å²) in [6.45, 7) is 3.30. The van der Waals surface area contributed by atoms with Gasteiger partial charge in [0.15, 0.2) is 0 Å². The molecule has 1 aliphatic carbocycles. The maximum absolute atomic E-state index is 12.6. The van der Waals surface area contributed by atoms with Crippen molar-refractivity contribution in [2.75, 3.05) is 26.2 Å². The van der Waals surface area contributed by atoms with Crippen molar-refractivity contribution in [1.29, 1.82) is 0 Å². The van der Waals surface area contributed by atoms with Crippen LogP contribution in [-0.4, -0.2) is 47.8 Å². The van der Waals surface area contributed by atoms with Gasteiger partial charge in [-0.2, -0.15) is 0 Å². The van der Waals surface area contributed by atoms with Crippen molar-refractivity contribution in [1.82, 2.24) is 9.80 Å². The zero-order valence-electron chi connectivity index (χ0n) is 14.2. The summed E-state index contributed by atoms with van der Waals surface area (Å²) in [6, 6.07) is 3.84. The van der Waals surface area contributed by atoms with Gasteiger partial charge in [0.25, 0.3) is 0 Å². The Hall–Kier alpha value is -1.78. The molecule has 2 atom stereocenters. The van der Waals surface area contributed by atoms with Crippen molar-refractivity contribution in [2.24, 2.45) is 11.8 Å². The molecule has 0 unspecified atom stereocenters. The van der Waals surface area contributed by atoms with E-state index in [1.54, 1.807) is 6.26 Å². The fourth-order valence-electron chi connectivity index (χ4n) is 4.24. The Labute approximate surface area is 143 Å². The Balaban J connectivity index is 1.27. The van der Waals surface area contributed by atoms with E-state index < -0.39 is 0 Å². The summed E-state index contributed by atoms with van der Waals surface area (Å²) < 4.78 is 5.42. The summed E-state index contributed by atoms with van der Waals surface area (Å²) >= 11 is 0. The van der Waals surface area contributed by atoms with Gasteiger partial charge in [0.2, 0.25) is 11.8 Å². The molecule has 24 heavy (non-hydrogen) atoms. The zero-order valence-corrected chi connectivity index (χ0v) is 14.2. The normalized spacial score (nSPS) is 28.0. The second-order valence-electron chi connectivity index (χ2n) is 7.45. The van der Waals surface area contributed by atoms with E-state index in [-0.39, 0.29) is 23.7 Å². The number of likely N-dealkylation sites (tertiary alicyclic amines) is 2. The molecule has 5 heteroatoms. The number of rotatable bonds is 3. The lowest BCUT2D eigenvalue weighted by Crippen LogP contribution is -2.46. The van der Waals surface area contributed by atoms with Crippen LogP contribution in [0.25, 0.3) is 0 Å². The van der Waals surface area contributed by atoms with Gasteiger partial charge >= 0.3 is 0 Å². The van der Waals surface area contributed by atoms with Crippen molar-refractivity contribution >= 4 is 11.8 Å². The van der Waals surface area contributed by atoms with Gasteiger partial charge in [-0.3, -0.25) is 9.59 Å². The summed E-state index contributed by atoms with van der Waals surface area (Å²) in [5.41, 5.74) is 0. The van der Waals surface area contributed by atoms with E-state index in [4.69, 9.17) is 4.42 Å². The average molecular weight is 330 g/mol. The van der Waals surface area contributed by atoms with E-state index in [1.165, 1.54) is 6.42 Å². The Morgan fingerprint density at radius 3 is 2.33 bits per heavy atom. The van der Waals surface area contributed by atoms with E-state index in [0.717, 1.165) is 64.0 Å². The fraction of sp³-hybridized carbons (Fsp3) is 0.684. The highest BCUT2D eigenvalue weighted by Crippen LogP contribution is 2.48. The number of hydrogen-bond acceptors (Lipinski definition) is 3. The van der Waals surface area contributed by atoms with Gasteiger partial charge in [0.05, 0.1) is 6.26 Å². The minimum Gasteiger partial charge on any atom is -0.469 e. The third-order valence-corrected chi connectivity index (χ3v) is 5.84. The molecule has 0 spiro atoms. The van der Waals surface area contributed by atoms with Crippen molar-refractivity contribution in [2.45, 2.75) is 44.4 Å². The van der Waals surface area contributed by atoms with Crippen LogP contribution in [0, 0.1) is 11.8 Å². The lowest BCUT2D eigenvalue weighted by molar-refractivity contribution is -0.141. The van der Waals surface area contributed by atoms with Gasteiger partial charge in [-0.25, -0.2) is 0 Å². The molecule has 0 radical (unpaired) electrons. The fourth-order valence-corrected chi connectivity index (χ4v) is 4.24. The molecule has 2 saturated heterocycles. The highest BCUT2D eigenvalue weighted by molar-refractivity contribution is 5.83. The quantitative estimate of drug-likeness (QED) is 0.856. The van der Waals surface area contributed by atoms with Crippen LogP contribution in [0.2, 0.25) is 0 Å². The highest BCUT2D eigenvalue weighted by atomic mass is 16.3. The smallest absolute Gasteiger partial charge is 0.226 e. The monoisotopic (exact) mass is 330 g/mol. The highest BCUT2D eigenvalue weighted by Gasteiger charge is 2.48. The number of hydrogen-bond donors (Lipinski definition) is 0. The van der Waals surface area contributed by atoms with Gasteiger partial charge in [-0.05, 0) is 50.7 Å². The van der Waals surface area contributed by atoms with Crippen LogP contribution in [0.5, 0.6) is 0 Å². The first kappa shape index (κ1) is 15.7. The molecule has 1 saturated carbocycles. The van der Waals surface area contributed by atoms with Gasteiger partial charge in [0.1, 0.15) is 5.76 Å². The molecule has 2 amide bonds. The van der Waals surface area contributed by atoms with Crippen LogP contribution in [-0.2, 0) is 9.59 Å². The van der Waals surface area contributed by atoms with Crippen molar-refractivity contribution in [3.05, 3.63) is 24.2 Å². The van der Waals surface area contributed by atoms with Crippen LogP contribution in [0.4, 0.5) is 0 Å². The van der Waals surface area contributed by atoms with Crippen LogP contribution in [0.3, 0.4) is 0 Å². The second kappa shape index (κ2) is 6.61. The van der Waals surface area contributed by atoms with Gasteiger partial charge < -0.3 is 14.2 Å². The van der Waals surface area contributed by atoms with Gasteiger partial charge in [-0.1, -0.05) is 0 Å². The minimum atomic E-state index is 0.0884. The predicted molar refractivity (Wildman–Crippen MR) is 89.3 cm³/mol. The lowest BCUT2D eigenvalue weighted by Gasteiger charge is -2.35. The molecule has 3 fully saturated rings. The van der Waals surface area contributed by atoms with Crippen LogP contribution >= 0.6 is 0 Å². The zero-order chi connectivity index (χ0) is 16.5. The molecule has 4 rings (SSSR count). The van der Waals surface area contributed by atoms with Crippen molar-refractivity contribution < 1.29 is 14.0 Å². The molecule has 3 aliphatic rings. The Kier molecular flexibility index (Phi) is 4.33. The number of piperidine rings is 2. The van der Waals surface area contributed by atoms with E-state index >= 15 is 0 Å². The summed E-state index contributed by atoms with van der Waals surface area (Å²) in [6.07, 6.45) is 7.73. The first-order valence-electron chi connectivity index (χ1n) is 9.35. The van der Waals surface area contributed by atoms with Crippen LogP contribution < -0.4 is 0 Å². The largest absolute Gasteiger partial charge is 0.469 e. The summed E-state index contributed by atoms with van der Waals surface area (Å²) in [5.74, 6) is 1.98. The maximum Gasteiger partial charge on any atom is 0.226 e. The molecule has 0 N–H and O–H groups in total. The maximum atomic E-state index is 12.6. The molecular weight excluding hydrogens is 304 g/mol. The molecule has 3 heterocycles. The standard InChI is InChI=1S/C19H26N2O3/c22-18(20-8-2-1-3-9-20)14-6-10-21(11-7-14)19(23)16-13-15(16)17-5-4-12-24-17/h4-5,12,14-16H,1-3,6-11,13H2/t15-,16-/m0/s1. The lowest BCUT2D eigenvalue weighted by atomic mass is 9.94. The summed E-state index contributed by atoms with van der Waals surface area (Å²) in [5, 5.41) is 0. The van der Waals surface area contributed by atoms with Crippen molar-refractivity contribution in [3.63, 3.8) is 0 Å². The van der Waals surface area contributed by atoms with Gasteiger partial charge in [-0.15, -0.1) is 0 Å². The summed E-state index contributed by atoms with van der Waals surface area (Å²) in [4.78, 5) is 29.2. The molecule has 2 aliphatic heterocycles. The molecule has 0 aromatic carbocycles. The van der Waals surface area contributed by atoms with Crippen molar-refractivity contribution in [3.8, 4) is 0 Å². The van der Waals surface area contributed by atoms with E-state index in [9.17, 15) is 9.59 Å². The molecular formula is C19H26N2O3. The molecule has 1 aromatic heterocycles. The third-order valence-electron chi connectivity index (χ3n) is 5.84. The average Bonchev–Trinajstić information content (AvgIpc) is 3.26. The molecule has 130 valence electrons. The molecule has 0 bridgehead atoms. The molecule has 1 aromatic rings. The number of nitrogens with zero attached hydrogens (tertiary/aromatic N) is 2. The van der Waals surface area contributed by atoms with Gasteiger partial charge in [0, 0.05) is 43.9 Å². The van der Waals surface area contributed by atoms with Crippen LogP contribution in [0.1, 0.15) is 50.2 Å². The predicted octanol–water partition coefficient (Wildman–Crippen LogP) is 2.63. The number of furan rings is 1. The number of carbonyl (C=O) groups is 2. The minimum absolute atomic E-state index is 0.0884. The Bertz CT molecular complexity index is 584. The Morgan fingerprint density at radius 2 is 1.67 bits per heavy atom. The van der Waals surface area contributed by atoms with E-state index in [2.05, 4.69) is 0 Å². The van der Waals surface area contributed by atoms with E-state index in [0.29, 0.717) is 5.91 Å². The Morgan fingerprint density at radius 1 is 0.958 bits per heavy atom. The van der Waals surface area contributed by atoms with Crippen LogP contribution in [0.15, 0.2) is 22.8 Å². The topological polar surface area (TPSA) is 53.8 Å². The first-order valence-corrected chi connectivity index (χ1v) is 9.35. The number of amides is 2. The van der Waals surface area contributed by atoms with E-state index in [1.807, 2.05) is 21.9 Å². The third kappa shape index (κ3) is 3.08. The SMILES string of the molecule is O=C(C1CCN(C(=O)[C@H]2C[C@@H]2c2ccco2)CC1)N1CCCCC1. The summed E-state index contributed by atoms with van der Waals surface area (Å²) in [7, 11) is 0. The molecule has 5 nitrogen and oxygen atoms in total. The number of carbonyl (C=O) groups excluding carboxylic acids is 2. The first-order chi connectivity index (χ1) is 11.7.